The maximum Gasteiger partial charge on any atom is 0.261 e. The lowest BCUT2D eigenvalue weighted by Gasteiger charge is -2.22. The fraction of sp³-hybridized carbons (Fsp3) is 0.647. The Balaban J connectivity index is 1.80. The van der Waals surface area contributed by atoms with Gasteiger partial charge in [0, 0.05) is 13.0 Å². The van der Waals surface area contributed by atoms with Crippen LogP contribution < -0.4 is 0 Å². The van der Waals surface area contributed by atoms with E-state index in [-0.39, 0.29) is 6.61 Å². The zero-order valence-corrected chi connectivity index (χ0v) is 12.3. The highest BCUT2D eigenvalue weighted by atomic mass is 19.3. The minimum Gasteiger partial charge on any atom is -0.388 e. The number of ether oxygens (including phenoxy) is 1. The second-order valence-electron chi connectivity index (χ2n) is 5.77. The summed E-state index contributed by atoms with van der Waals surface area (Å²) in [6.07, 6.45) is 3.70. The van der Waals surface area contributed by atoms with Gasteiger partial charge in [-0.2, -0.15) is 0 Å². The van der Waals surface area contributed by atoms with Gasteiger partial charge in [-0.1, -0.05) is 43.5 Å². The molecule has 0 aromatic heterocycles. The molecular formula is C17H24F2O2. The number of rotatable bonds is 7. The molecule has 118 valence electrons. The predicted octanol–water partition coefficient (Wildman–Crippen LogP) is 4.44. The summed E-state index contributed by atoms with van der Waals surface area (Å²) in [5.41, 5.74) is 2.18. The summed E-state index contributed by atoms with van der Waals surface area (Å²) in [7, 11) is 0. The van der Waals surface area contributed by atoms with E-state index in [1.165, 1.54) is 37.7 Å². The average molecular weight is 298 g/mol. The van der Waals surface area contributed by atoms with Crippen LogP contribution in [0.4, 0.5) is 8.78 Å². The topological polar surface area (TPSA) is 29.5 Å². The van der Waals surface area contributed by atoms with E-state index >= 15 is 0 Å². The van der Waals surface area contributed by atoms with E-state index < -0.39 is 19.1 Å². The zero-order chi connectivity index (χ0) is 15.1. The fourth-order valence-electron chi connectivity index (χ4n) is 2.96. The molecule has 2 rings (SSSR count). The quantitative estimate of drug-likeness (QED) is 0.754. The summed E-state index contributed by atoms with van der Waals surface area (Å²) in [6, 6.07) is 8.08. The van der Waals surface area contributed by atoms with Gasteiger partial charge >= 0.3 is 0 Å². The van der Waals surface area contributed by atoms with Crippen molar-refractivity contribution < 1.29 is 18.6 Å². The number of aliphatic hydroxyl groups excluding tert-OH is 1. The van der Waals surface area contributed by atoms with Crippen molar-refractivity contribution in [3.8, 4) is 0 Å². The molecule has 0 bridgehead atoms. The van der Waals surface area contributed by atoms with Crippen molar-refractivity contribution >= 4 is 0 Å². The molecule has 1 aromatic carbocycles. The number of aliphatic hydroxyl groups is 1. The Morgan fingerprint density at radius 3 is 2.38 bits per heavy atom. The Morgan fingerprint density at radius 1 is 1.10 bits per heavy atom. The summed E-state index contributed by atoms with van der Waals surface area (Å²) in [4.78, 5) is 0. The molecule has 2 nitrogen and oxygen atoms in total. The van der Waals surface area contributed by atoms with Gasteiger partial charge < -0.3 is 9.84 Å². The van der Waals surface area contributed by atoms with Crippen LogP contribution in [0.2, 0.25) is 0 Å². The number of benzene rings is 1. The lowest BCUT2D eigenvalue weighted by atomic mass is 9.84. The lowest BCUT2D eigenvalue weighted by molar-refractivity contribution is 0.00481. The van der Waals surface area contributed by atoms with Crippen molar-refractivity contribution in [3.05, 3.63) is 35.4 Å². The standard InChI is InChI=1S/C17H24F2O2/c18-17(19)12-21-11-10-16(20)15-8-6-14(7-9-15)13-4-2-1-3-5-13/h6-9,13,16-17,20H,1-5,10-12H2. The minimum absolute atomic E-state index is 0.149. The van der Waals surface area contributed by atoms with Gasteiger partial charge in [0.25, 0.3) is 6.43 Å². The highest BCUT2D eigenvalue weighted by Crippen LogP contribution is 2.33. The van der Waals surface area contributed by atoms with Gasteiger partial charge in [0.2, 0.25) is 0 Å². The molecule has 1 aliphatic carbocycles. The fourth-order valence-corrected chi connectivity index (χ4v) is 2.96. The molecule has 1 saturated carbocycles. The van der Waals surface area contributed by atoms with Crippen LogP contribution in [0.3, 0.4) is 0 Å². The second-order valence-corrected chi connectivity index (χ2v) is 5.77. The second kappa shape index (κ2) is 8.44. The van der Waals surface area contributed by atoms with E-state index in [0.717, 1.165) is 5.56 Å². The Hall–Kier alpha value is -1.00. The first-order valence-corrected chi connectivity index (χ1v) is 7.80. The third-order valence-electron chi connectivity index (χ3n) is 4.18. The number of halogens is 2. The van der Waals surface area contributed by atoms with Crippen molar-refractivity contribution in [1.29, 1.82) is 0 Å². The van der Waals surface area contributed by atoms with Crippen LogP contribution in [-0.2, 0) is 4.74 Å². The summed E-state index contributed by atoms with van der Waals surface area (Å²) < 4.78 is 28.6. The highest BCUT2D eigenvalue weighted by molar-refractivity contribution is 5.27. The Kier molecular flexibility index (Phi) is 6.58. The van der Waals surface area contributed by atoms with Crippen LogP contribution in [0.5, 0.6) is 0 Å². The molecule has 1 N–H and O–H groups in total. The van der Waals surface area contributed by atoms with Gasteiger partial charge in [-0.3, -0.25) is 0 Å². The molecular weight excluding hydrogens is 274 g/mol. The maximum atomic E-state index is 11.9. The van der Waals surface area contributed by atoms with E-state index in [1.807, 2.05) is 12.1 Å². The largest absolute Gasteiger partial charge is 0.388 e. The van der Waals surface area contributed by atoms with Gasteiger partial charge in [0.05, 0.1) is 6.10 Å². The normalized spacial score (nSPS) is 18.1. The van der Waals surface area contributed by atoms with Crippen LogP contribution in [0.15, 0.2) is 24.3 Å². The summed E-state index contributed by atoms with van der Waals surface area (Å²) in [5.74, 6) is 0.652. The summed E-state index contributed by atoms with van der Waals surface area (Å²) in [6.45, 7) is -0.413. The molecule has 1 atom stereocenters. The van der Waals surface area contributed by atoms with E-state index in [0.29, 0.717) is 12.3 Å². The predicted molar refractivity (Wildman–Crippen MR) is 78.7 cm³/mol. The Labute approximate surface area is 125 Å². The van der Waals surface area contributed by atoms with Crippen molar-refractivity contribution in [2.75, 3.05) is 13.2 Å². The van der Waals surface area contributed by atoms with E-state index in [2.05, 4.69) is 12.1 Å². The zero-order valence-electron chi connectivity index (χ0n) is 12.3. The van der Waals surface area contributed by atoms with Gasteiger partial charge in [-0.15, -0.1) is 0 Å². The van der Waals surface area contributed by atoms with Crippen LogP contribution in [0, 0.1) is 0 Å². The van der Waals surface area contributed by atoms with Gasteiger partial charge in [0.1, 0.15) is 6.61 Å². The molecule has 0 saturated heterocycles. The molecule has 1 fully saturated rings. The third kappa shape index (κ3) is 5.36. The first kappa shape index (κ1) is 16.4. The first-order valence-electron chi connectivity index (χ1n) is 7.80. The molecule has 0 amide bonds. The van der Waals surface area contributed by atoms with Crippen LogP contribution in [0.1, 0.15) is 61.7 Å². The molecule has 1 aromatic rings. The summed E-state index contributed by atoms with van der Waals surface area (Å²) >= 11 is 0. The molecule has 0 heterocycles. The smallest absolute Gasteiger partial charge is 0.261 e. The molecule has 0 aliphatic heterocycles. The lowest BCUT2D eigenvalue weighted by Crippen LogP contribution is -2.09. The first-order chi connectivity index (χ1) is 10.2. The van der Waals surface area contributed by atoms with Gasteiger partial charge in [-0.05, 0) is 29.9 Å². The molecule has 0 spiro atoms. The van der Waals surface area contributed by atoms with Crippen molar-refractivity contribution in [2.45, 2.75) is 57.0 Å². The Bertz CT molecular complexity index is 400. The molecule has 21 heavy (non-hydrogen) atoms. The van der Waals surface area contributed by atoms with Gasteiger partial charge in [0.15, 0.2) is 0 Å². The van der Waals surface area contributed by atoms with Gasteiger partial charge in [-0.25, -0.2) is 8.78 Å². The molecule has 1 aliphatic rings. The Morgan fingerprint density at radius 2 is 1.76 bits per heavy atom. The van der Waals surface area contributed by atoms with E-state index in [1.54, 1.807) is 0 Å². The van der Waals surface area contributed by atoms with Crippen molar-refractivity contribution in [3.63, 3.8) is 0 Å². The van der Waals surface area contributed by atoms with E-state index in [4.69, 9.17) is 4.74 Å². The summed E-state index contributed by atoms with van der Waals surface area (Å²) in [5, 5.41) is 10.0. The minimum atomic E-state index is -2.45. The SMILES string of the molecule is OC(CCOCC(F)F)c1ccc(C2CCCCC2)cc1. The number of hydrogen-bond acceptors (Lipinski definition) is 2. The number of alkyl halides is 2. The van der Waals surface area contributed by atoms with E-state index in [9.17, 15) is 13.9 Å². The third-order valence-corrected chi connectivity index (χ3v) is 4.18. The number of hydrogen-bond donors (Lipinski definition) is 1. The highest BCUT2D eigenvalue weighted by Gasteiger charge is 2.16. The molecule has 0 radical (unpaired) electrons. The maximum absolute atomic E-state index is 11.9. The average Bonchev–Trinajstić information content (AvgIpc) is 2.52. The molecule has 1 unspecified atom stereocenters. The van der Waals surface area contributed by atoms with Crippen LogP contribution in [0.25, 0.3) is 0 Å². The molecule has 4 heteroatoms. The van der Waals surface area contributed by atoms with Crippen LogP contribution >= 0.6 is 0 Å². The van der Waals surface area contributed by atoms with Crippen LogP contribution in [-0.4, -0.2) is 24.7 Å². The van der Waals surface area contributed by atoms with Crippen molar-refractivity contribution in [2.24, 2.45) is 0 Å². The van der Waals surface area contributed by atoms with Crippen molar-refractivity contribution in [1.82, 2.24) is 0 Å². The monoisotopic (exact) mass is 298 g/mol.